The number of amides is 1. The summed E-state index contributed by atoms with van der Waals surface area (Å²) in [7, 11) is -3.39. The van der Waals surface area contributed by atoms with E-state index >= 15 is 0 Å². The van der Waals surface area contributed by atoms with Gasteiger partial charge in [0.15, 0.2) is 9.84 Å². The van der Waals surface area contributed by atoms with Gasteiger partial charge in [0, 0.05) is 43.3 Å². The number of carbonyl (C=O) groups is 1. The average molecular weight is 407 g/mol. The molecule has 0 N–H and O–H groups in total. The maximum Gasteiger partial charge on any atom is 0.222 e. The Kier molecular flexibility index (Phi) is 6.39. The smallest absolute Gasteiger partial charge is 0.222 e. The Bertz CT molecular complexity index is 862. The van der Waals surface area contributed by atoms with Gasteiger partial charge in [0.2, 0.25) is 5.91 Å². The van der Waals surface area contributed by atoms with Gasteiger partial charge in [-0.2, -0.15) is 0 Å². The van der Waals surface area contributed by atoms with Crippen molar-refractivity contribution < 1.29 is 13.2 Å². The number of sulfone groups is 1. The van der Waals surface area contributed by atoms with Gasteiger partial charge in [-0.05, 0) is 42.8 Å². The zero-order valence-electron chi connectivity index (χ0n) is 15.1. The van der Waals surface area contributed by atoms with Crippen LogP contribution in [0.2, 0.25) is 5.02 Å². The molecule has 5 nitrogen and oxygen atoms in total. The molecule has 0 spiro atoms. The third kappa shape index (κ3) is 5.23. The fourth-order valence-electron chi connectivity index (χ4n) is 3.18. The van der Waals surface area contributed by atoms with Gasteiger partial charge in [0.25, 0.3) is 0 Å². The average Bonchev–Trinajstić information content (AvgIpc) is 2.69. The largest absolute Gasteiger partial charge is 0.368 e. The summed E-state index contributed by atoms with van der Waals surface area (Å²) in [6.07, 6.45) is 0.570. The molecule has 1 aliphatic rings. The van der Waals surface area contributed by atoms with E-state index in [1.54, 1.807) is 12.1 Å². The first-order chi connectivity index (χ1) is 13.0. The molecule has 0 radical (unpaired) electrons. The molecule has 144 valence electrons. The zero-order valence-corrected chi connectivity index (χ0v) is 16.6. The monoisotopic (exact) mass is 406 g/mol. The maximum absolute atomic E-state index is 12.4. The van der Waals surface area contributed by atoms with Crippen molar-refractivity contribution in [3.63, 3.8) is 0 Å². The van der Waals surface area contributed by atoms with Gasteiger partial charge in [-0.1, -0.05) is 29.8 Å². The molecule has 2 aromatic rings. The summed E-state index contributed by atoms with van der Waals surface area (Å²) in [6, 6.07) is 16.3. The highest BCUT2D eigenvalue weighted by Gasteiger charge is 2.22. The van der Waals surface area contributed by atoms with Crippen molar-refractivity contribution >= 4 is 33.0 Å². The Morgan fingerprint density at radius 2 is 1.56 bits per heavy atom. The minimum Gasteiger partial charge on any atom is -0.368 e. The van der Waals surface area contributed by atoms with Crippen LogP contribution in [0.4, 0.5) is 5.69 Å². The van der Waals surface area contributed by atoms with Crippen LogP contribution in [-0.4, -0.2) is 51.2 Å². The van der Waals surface area contributed by atoms with E-state index in [2.05, 4.69) is 17.0 Å². The summed E-state index contributed by atoms with van der Waals surface area (Å²) in [5.41, 5.74) is 1.17. The van der Waals surface area contributed by atoms with Crippen LogP contribution in [0.5, 0.6) is 0 Å². The molecular weight excluding hydrogens is 384 g/mol. The lowest BCUT2D eigenvalue weighted by atomic mass is 10.2. The third-order valence-electron chi connectivity index (χ3n) is 4.73. The van der Waals surface area contributed by atoms with Gasteiger partial charge >= 0.3 is 0 Å². The molecule has 0 aromatic heterocycles. The van der Waals surface area contributed by atoms with Gasteiger partial charge < -0.3 is 9.80 Å². The highest BCUT2D eigenvalue weighted by molar-refractivity contribution is 7.91. The van der Waals surface area contributed by atoms with E-state index in [4.69, 9.17) is 11.6 Å². The van der Waals surface area contributed by atoms with E-state index in [0.29, 0.717) is 24.5 Å². The predicted molar refractivity (Wildman–Crippen MR) is 108 cm³/mol. The van der Waals surface area contributed by atoms with Crippen LogP contribution in [0.3, 0.4) is 0 Å². The van der Waals surface area contributed by atoms with Crippen molar-refractivity contribution in [2.24, 2.45) is 0 Å². The SMILES string of the molecule is O=C(CCCS(=O)(=O)c1ccc(Cl)cc1)N1CCN(c2ccccc2)CC1. The van der Waals surface area contributed by atoms with Crippen LogP contribution in [0, 0.1) is 0 Å². The molecule has 0 atom stereocenters. The molecule has 0 unspecified atom stereocenters. The number of piperazine rings is 1. The van der Waals surface area contributed by atoms with E-state index in [-0.39, 0.29) is 23.0 Å². The summed E-state index contributed by atoms with van der Waals surface area (Å²) in [6.45, 7) is 2.91. The minimum atomic E-state index is -3.39. The number of hydrogen-bond acceptors (Lipinski definition) is 4. The van der Waals surface area contributed by atoms with Crippen molar-refractivity contribution in [1.82, 2.24) is 4.90 Å². The number of para-hydroxylation sites is 1. The van der Waals surface area contributed by atoms with E-state index < -0.39 is 9.84 Å². The van der Waals surface area contributed by atoms with Gasteiger partial charge in [-0.25, -0.2) is 8.42 Å². The van der Waals surface area contributed by atoms with Crippen LogP contribution < -0.4 is 4.90 Å². The molecule has 3 rings (SSSR count). The number of rotatable bonds is 6. The van der Waals surface area contributed by atoms with E-state index in [1.807, 2.05) is 23.1 Å². The Morgan fingerprint density at radius 1 is 0.926 bits per heavy atom. The molecule has 2 aromatic carbocycles. The van der Waals surface area contributed by atoms with Gasteiger partial charge in [0.1, 0.15) is 0 Å². The van der Waals surface area contributed by atoms with Crippen molar-refractivity contribution in [1.29, 1.82) is 0 Å². The molecular formula is C20H23ClN2O3S. The standard InChI is InChI=1S/C20H23ClN2O3S/c21-17-8-10-19(11-9-17)27(25,26)16-4-7-20(24)23-14-12-22(13-15-23)18-5-2-1-3-6-18/h1-3,5-6,8-11H,4,7,12-16H2. The normalized spacial score (nSPS) is 15.0. The molecule has 1 amide bonds. The predicted octanol–water partition coefficient (Wildman–Crippen LogP) is 3.24. The minimum absolute atomic E-state index is 0.0222. The number of hydrogen-bond donors (Lipinski definition) is 0. The summed E-state index contributed by atoms with van der Waals surface area (Å²) >= 11 is 5.79. The van der Waals surface area contributed by atoms with Crippen molar-refractivity contribution in [2.45, 2.75) is 17.7 Å². The van der Waals surface area contributed by atoms with Gasteiger partial charge in [-0.15, -0.1) is 0 Å². The van der Waals surface area contributed by atoms with Crippen molar-refractivity contribution in [3.8, 4) is 0 Å². The lowest BCUT2D eigenvalue weighted by molar-refractivity contribution is -0.131. The molecule has 27 heavy (non-hydrogen) atoms. The van der Waals surface area contributed by atoms with E-state index in [1.165, 1.54) is 17.8 Å². The second-order valence-electron chi connectivity index (χ2n) is 6.58. The molecule has 1 saturated heterocycles. The lowest BCUT2D eigenvalue weighted by Gasteiger charge is -2.36. The summed E-state index contributed by atoms with van der Waals surface area (Å²) in [5, 5.41) is 0.499. The molecule has 1 fully saturated rings. The van der Waals surface area contributed by atoms with Crippen LogP contribution in [0.1, 0.15) is 12.8 Å². The molecule has 1 heterocycles. The summed E-state index contributed by atoms with van der Waals surface area (Å²) in [4.78, 5) is 16.7. The first kappa shape index (κ1) is 19.7. The van der Waals surface area contributed by atoms with Crippen molar-refractivity contribution in [3.05, 3.63) is 59.6 Å². The molecule has 0 bridgehead atoms. The number of carbonyl (C=O) groups excluding carboxylic acids is 1. The fourth-order valence-corrected chi connectivity index (χ4v) is 4.62. The molecule has 0 saturated carbocycles. The highest BCUT2D eigenvalue weighted by Crippen LogP contribution is 2.18. The third-order valence-corrected chi connectivity index (χ3v) is 6.80. The zero-order chi connectivity index (χ0) is 19.3. The number of halogens is 1. The summed E-state index contributed by atoms with van der Waals surface area (Å²) < 4.78 is 24.7. The molecule has 7 heteroatoms. The second-order valence-corrected chi connectivity index (χ2v) is 9.13. The first-order valence-electron chi connectivity index (χ1n) is 9.02. The maximum atomic E-state index is 12.4. The molecule has 1 aliphatic heterocycles. The summed E-state index contributed by atoms with van der Waals surface area (Å²) in [5.74, 6) is -0.0151. The Morgan fingerprint density at radius 3 is 2.19 bits per heavy atom. The Hall–Kier alpha value is -2.05. The Balaban J connectivity index is 1.45. The number of nitrogens with zero attached hydrogens (tertiary/aromatic N) is 2. The van der Waals surface area contributed by atoms with Gasteiger partial charge in [0.05, 0.1) is 10.6 Å². The first-order valence-corrected chi connectivity index (χ1v) is 11.0. The van der Waals surface area contributed by atoms with Crippen LogP contribution in [-0.2, 0) is 14.6 Å². The number of benzene rings is 2. The highest BCUT2D eigenvalue weighted by atomic mass is 35.5. The lowest BCUT2D eigenvalue weighted by Crippen LogP contribution is -2.48. The van der Waals surface area contributed by atoms with Gasteiger partial charge in [-0.3, -0.25) is 4.79 Å². The number of anilines is 1. The Labute approximate surface area is 165 Å². The van der Waals surface area contributed by atoms with Crippen molar-refractivity contribution in [2.75, 3.05) is 36.8 Å². The van der Waals surface area contributed by atoms with Crippen LogP contribution in [0.15, 0.2) is 59.5 Å². The fraction of sp³-hybridized carbons (Fsp3) is 0.350. The van der Waals surface area contributed by atoms with Crippen LogP contribution >= 0.6 is 11.6 Å². The second kappa shape index (κ2) is 8.76. The van der Waals surface area contributed by atoms with Crippen LogP contribution in [0.25, 0.3) is 0 Å². The quantitative estimate of drug-likeness (QED) is 0.738. The molecule has 0 aliphatic carbocycles. The topological polar surface area (TPSA) is 57.7 Å². The van der Waals surface area contributed by atoms with E-state index in [9.17, 15) is 13.2 Å². The van der Waals surface area contributed by atoms with E-state index in [0.717, 1.165) is 13.1 Å².